The van der Waals surface area contributed by atoms with E-state index in [0.29, 0.717) is 32.2 Å². The lowest BCUT2D eigenvalue weighted by Crippen LogP contribution is -2.41. The van der Waals surface area contributed by atoms with Crippen molar-refractivity contribution in [3.05, 3.63) is 0 Å². The number of hydrogen-bond acceptors (Lipinski definition) is 4. The molecule has 1 unspecified atom stereocenters. The molecule has 108 valence electrons. The van der Waals surface area contributed by atoms with E-state index in [4.69, 9.17) is 4.74 Å². The van der Waals surface area contributed by atoms with Gasteiger partial charge in [-0.1, -0.05) is 0 Å². The zero-order valence-electron chi connectivity index (χ0n) is 11.6. The molecule has 0 spiro atoms. The van der Waals surface area contributed by atoms with Gasteiger partial charge in [-0.15, -0.1) is 0 Å². The van der Waals surface area contributed by atoms with Gasteiger partial charge in [-0.25, -0.2) is 0 Å². The minimum absolute atomic E-state index is 0.329. The average Bonchev–Trinajstić information content (AvgIpc) is 2.79. The van der Waals surface area contributed by atoms with Gasteiger partial charge in [-0.3, -0.25) is 0 Å². The van der Waals surface area contributed by atoms with E-state index >= 15 is 0 Å². The normalized spacial score (nSPS) is 21.9. The Morgan fingerprint density at radius 2 is 2.22 bits per heavy atom. The average molecular weight is 279 g/mol. The molecule has 0 radical (unpaired) electrons. The maximum atomic E-state index is 12.3. The molecule has 1 atom stereocenters. The Balaban J connectivity index is 2.48. The van der Waals surface area contributed by atoms with Crippen LogP contribution in [0.3, 0.4) is 0 Å². The van der Waals surface area contributed by atoms with Crippen LogP contribution in [0.25, 0.3) is 0 Å². The SMILES string of the molecule is CNCCCN(C)S(=O)(=O)N1CCC(COC)C1. The molecule has 7 heteroatoms. The first kappa shape index (κ1) is 15.8. The third-order valence-electron chi connectivity index (χ3n) is 3.27. The second-order valence-corrected chi connectivity index (χ2v) is 6.79. The summed E-state index contributed by atoms with van der Waals surface area (Å²) >= 11 is 0. The Kier molecular flexibility index (Phi) is 6.51. The van der Waals surface area contributed by atoms with Gasteiger partial charge in [0, 0.05) is 33.8 Å². The molecule has 0 aromatic rings. The zero-order valence-corrected chi connectivity index (χ0v) is 12.4. The first-order valence-corrected chi connectivity index (χ1v) is 7.77. The lowest BCUT2D eigenvalue weighted by Gasteiger charge is -2.24. The van der Waals surface area contributed by atoms with Crippen LogP contribution in [0, 0.1) is 5.92 Å². The fraction of sp³-hybridized carbons (Fsp3) is 1.00. The van der Waals surface area contributed by atoms with E-state index in [1.165, 1.54) is 4.31 Å². The third kappa shape index (κ3) is 4.17. The highest BCUT2D eigenvalue weighted by molar-refractivity contribution is 7.86. The molecule has 1 aliphatic rings. The van der Waals surface area contributed by atoms with Gasteiger partial charge in [0.2, 0.25) is 0 Å². The molecular weight excluding hydrogens is 254 g/mol. The second-order valence-electron chi connectivity index (χ2n) is 4.75. The first-order valence-electron chi connectivity index (χ1n) is 6.37. The molecule has 1 saturated heterocycles. The van der Waals surface area contributed by atoms with Gasteiger partial charge in [0.15, 0.2) is 0 Å². The predicted molar refractivity (Wildman–Crippen MR) is 71.6 cm³/mol. The highest BCUT2D eigenvalue weighted by atomic mass is 32.2. The van der Waals surface area contributed by atoms with Crippen LogP contribution in [0.2, 0.25) is 0 Å². The summed E-state index contributed by atoms with van der Waals surface area (Å²) in [6, 6.07) is 0. The lowest BCUT2D eigenvalue weighted by atomic mass is 10.1. The van der Waals surface area contributed by atoms with Crippen molar-refractivity contribution in [2.75, 3.05) is 54.0 Å². The van der Waals surface area contributed by atoms with E-state index in [9.17, 15) is 8.42 Å². The van der Waals surface area contributed by atoms with Crippen molar-refractivity contribution in [2.24, 2.45) is 5.92 Å². The Bertz CT molecular complexity index is 334. The standard InChI is InChI=1S/C11H25N3O3S/c1-12-6-4-7-13(2)18(15,16)14-8-5-11(9-14)10-17-3/h11-12H,4-10H2,1-3H3. The van der Waals surface area contributed by atoms with Crippen LogP contribution in [-0.4, -0.2) is 71.0 Å². The van der Waals surface area contributed by atoms with Crippen molar-refractivity contribution < 1.29 is 13.2 Å². The molecule has 6 nitrogen and oxygen atoms in total. The third-order valence-corrected chi connectivity index (χ3v) is 5.23. The molecule has 0 amide bonds. The minimum Gasteiger partial charge on any atom is -0.384 e. The summed E-state index contributed by atoms with van der Waals surface area (Å²) in [5.74, 6) is 0.329. The summed E-state index contributed by atoms with van der Waals surface area (Å²) in [6.45, 7) is 3.19. The van der Waals surface area contributed by atoms with Gasteiger partial charge >= 0.3 is 0 Å². The Morgan fingerprint density at radius 3 is 2.83 bits per heavy atom. The number of methoxy groups -OCH3 is 1. The lowest BCUT2D eigenvalue weighted by molar-refractivity contribution is 0.157. The Labute approximate surface area is 110 Å². The minimum atomic E-state index is -3.29. The molecular formula is C11H25N3O3S. The van der Waals surface area contributed by atoms with E-state index in [0.717, 1.165) is 19.4 Å². The molecule has 0 aromatic carbocycles. The molecule has 1 fully saturated rings. The zero-order chi connectivity index (χ0) is 13.6. The van der Waals surface area contributed by atoms with Gasteiger partial charge < -0.3 is 10.1 Å². The van der Waals surface area contributed by atoms with Gasteiger partial charge in [0.05, 0.1) is 6.61 Å². The molecule has 0 saturated carbocycles. The van der Waals surface area contributed by atoms with E-state index < -0.39 is 10.2 Å². The van der Waals surface area contributed by atoms with Crippen LogP contribution in [0.5, 0.6) is 0 Å². The van der Waals surface area contributed by atoms with Crippen molar-refractivity contribution in [1.29, 1.82) is 0 Å². The summed E-state index contributed by atoms with van der Waals surface area (Å²) in [6.07, 6.45) is 1.71. The molecule has 1 aliphatic heterocycles. The molecule has 0 bridgehead atoms. The van der Waals surface area contributed by atoms with Crippen molar-refractivity contribution in [3.63, 3.8) is 0 Å². The molecule has 1 rings (SSSR count). The van der Waals surface area contributed by atoms with Gasteiger partial charge in [-0.05, 0) is 32.4 Å². The summed E-state index contributed by atoms with van der Waals surface area (Å²) in [4.78, 5) is 0. The van der Waals surface area contributed by atoms with Gasteiger partial charge in [-0.2, -0.15) is 17.0 Å². The van der Waals surface area contributed by atoms with E-state index in [-0.39, 0.29) is 0 Å². The largest absolute Gasteiger partial charge is 0.384 e. The van der Waals surface area contributed by atoms with Crippen LogP contribution < -0.4 is 5.32 Å². The molecule has 18 heavy (non-hydrogen) atoms. The molecule has 0 aromatic heterocycles. The van der Waals surface area contributed by atoms with Crippen LogP contribution in [0.1, 0.15) is 12.8 Å². The van der Waals surface area contributed by atoms with Crippen molar-refractivity contribution in [3.8, 4) is 0 Å². The smallest absolute Gasteiger partial charge is 0.281 e. The highest BCUT2D eigenvalue weighted by Crippen LogP contribution is 2.21. The monoisotopic (exact) mass is 279 g/mol. The number of nitrogens with zero attached hydrogens (tertiary/aromatic N) is 2. The first-order chi connectivity index (χ1) is 8.52. The summed E-state index contributed by atoms with van der Waals surface area (Å²) in [7, 11) is 1.88. The topological polar surface area (TPSA) is 61.9 Å². The quantitative estimate of drug-likeness (QED) is 0.622. The molecule has 1 N–H and O–H groups in total. The van der Waals surface area contributed by atoms with Crippen LogP contribution in [0.4, 0.5) is 0 Å². The highest BCUT2D eigenvalue weighted by Gasteiger charge is 2.33. The Morgan fingerprint density at radius 1 is 1.50 bits per heavy atom. The van der Waals surface area contributed by atoms with E-state index in [1.54, 1.807) is 18.5 Å². The predicted octanol–water partition coefficient (Wildman–Crippen LogP) is -0.259. The van der Waals surface area contributed by atoms with Gasteiger partial charge in [0.25, 0.3) is 10.2 Å². The van der Waals surface area contributed by atoms with Crippen LogP contribution in [-0.2, 0) is 14.9 Å². The fourth-order valence-corrected chi connectivity index (χ4v) is 3.66. The van der Waals surface area contributed by atoms with Crippen molar-refractivity contribution >= 4 is 10.2 Å². The summed E-state index contributed by atoms with van der Waals surface area (Å²) in [5, 5.41) is 3.02. The van der Waals surface area contributed by atoms with Crippen LogP contribution in [0.15, 0.2) is 0 Å². The van der Waals surface area contributed by atoms with Gasteiger partial charge in [0.1, 0.15) is 0 Å². The number of rotatable bonds is 8. The van der Waals surface area contributed by atoms with Crippen molar-refractivity contribution in [1.82, 2.24) is 13.9 Å². The van der Waals surface area contributed by atoms with E-state index in [1.807, 2.05) is 7.05 Å². The molecule has 0 aliphatic carbocycles. The number of hydrogen-bond donors (Lipinski definition) is 1. The van der Waals surface area contributed by atoms with E-state index in [2.05, 4.69) is 5.32 Å². The van der Waals surface area contributed by atoms with Crippen molar-refractivity contribution in [2.45, 2.75) is 12.8 Å². The maximum Gasteiger partial charge on any atom is 0.281 e. The molecule has 1 heterocycles. The number of ether oxygens (including phenoxy) is 1. The maximum absolute atomic E-state index is 12.3. The summed E-state index contributed by atoms with van der Waals surface area (Å²) in [5.41, 5.74) is 0. The Hall–Kier alpha value is -0.210. The van der Waals surface area contributed by atoms with Crippen LogP contribution >= 0.6 is 0 Å². The summed E-state index contributed by atoms with van der Waals surface area (Å²) < 4.78 is 32.6. The second kappa shape index (κ2) is 7.40. The fourth-order valence-electron chi connectivity index (χ4n) is 2.17. The number of nitrogens with one attached hydrogen (secondary N) is 1.